The Bertz CT molecular complexity index is 1390. The normalized spacial score (nSPS) is 11.4. The van der Waals surface area contributed by atoms with Crippen LogP contribution < -0.4 is 14.8 Å². The number of halogens is 5. The molecule has 33 heavy (non-hydrogen) atoms. The maximum absolute atomic E-state index is 14.9. The van der Waals surface area contributed by atoms with Gasteiger partial charge in [-0.25, -0.2) is 26.5 Å². The summed E-state index contributed by atoms with van der Waals surface area (Å²) in [4.78, 5) is 2.05. The SMILES string of the molecule is CCN(CC)c1ccc2c(-c3c(F)c(F)c(F)c(F)c3F)c3ccc(=[N+](C)C)cc-3oc2c1. The van der Waals surface area contributed by atoms with Crippen molar-refractivity contribution in [3.63, 3.8) is 0 Å². The van der Waals surface area contributed by atoms with Crippen LogP contribution in [0.3, 0.4) is 0 Å². The molecule has 2 aromatic rings. The second kappa shape index (κ2) is 8.50. The van der Waals surface area contributed by atoms with Gasteiger partial charge in [-0.15, -0.1) is 0 Å². The lowest BCUT2D eigenvalue weighted by Crippen LogP contribution is -2.22. The van der Waals surface area contributed by atoms with Gasteiger partial charge in [-0.3, -0.25) is 0 Å². The molecule has 1 aliphatic carbocycles. The Morgan fingerprint density at radius 3 is 1.94 bits per heavy atom. The van der Waals surface area contributed by atoms with Crippen molar-refractivity contribution in [2.45, 2.75) is 13.8 Å². The first-order valence-electron chi connectivity index (χ1n) is 10.5. The van der Waals surface area contributed by atoms with E-state index in [-0.39, 0.29) is 27.9 Å². The Morgan fingerprint density at radius 1 is 0.758 bits per heavy atom. The molecular weight excluding hydrogens is 439 g/mol. The number of nitrogens with zero attached hydrogens (tertiary/aromatic N) is 2. The van der Waals surface area contributed by atoms with Crippen LogP contribution >= 0.6 is 0 Å². The summed E-state index contributed by atoms with van der Waals surface area (Å²) in [5.74, 6) is -9.69. The first kappa shape index (κ1) is 22.8. The van der Waals surface area contributed by atoms with Gasteiger partial charge < -0.3 is 9.32 Å². The van der Waals surface area contributed by atoms with Crippen LogP contribution in [0, 0.1) is 29.1 Å². The fraction of sp³-hybridized carbons (Fsp3) is 0.240. The molecule has 0 N–H and O–H groups in total. The summed E-state index contributed by atoms with van der Waals surface area (Å²) in [5.41, 5.74) is 0.206. The van der Waals surface area contributed by atoms with E-state index in [0.29, 0.717) is 13.1 Å². The number of hydrogen-bond acceptors (Lipinski definition) is 2. The molecule has 0 radical (unpaired) electrons. The number of rotatable bonds is 4. The number of anilines is 1. The maximum atomic E-state index is 14.9. The Balaban J connectivity index is 2.20. The third kappa shape index (κ3) is 3.63. The van der Waals surface area contributed by atoms with Crippen LogP contribution in [0.5, 0.6) is 0 Å². The molecule has 3 nitrogen and oxygen atoms in total. The van der Waals surface area contributed by atoms with E-state index in [1.54, 1.807) is 36.4 Å². The summed E-state index contributed by atoms with van der Waals surface area (Å²) >= 11 is 0. The summed E-state index contributed by atoms with van der Waals surface area (Å²) in [5, 5.41) is 0.980. The van der Waals surface area contributed by atoms with Gasteiger partial charge >= 0.3 is 0 Å². The minimum Gasteiger partial charge on any atom is -0.456 e. The molecule has 0 spiro atoms. The topological polar surface area (TPSA) is 19.4 Å². The van der Waals surface area contributed by atoms with Crippen molar-refractivity contribution >= 4 is 16.7 Å². The predicted molar refractivity (Wildman–Crippen MR) is 119 cm³/mol. The standard InChI is InChI=1S/C25H22F5N2O/c1-5-32(6-2)14-8-10-16-18(12-14)33-17-11-13(31(3)4)7-9-15(17)19(16)20-21(26)23(28)25(30)24(29)22(20)27/h7-12H,5-6H2,1-4H3/q+1. The number of benzene rings is 3. The van der Waals surface area contributed by atoms with Crippen molar-refractivity contribution in [1.29, 1.82) is 0 Å². The summed E-state index contributed by atoms with van der Waals surface area (Å²) in [7, 11) is 3.62. The summed E-state index contributed by atoms with van der Waals surface area (Å²) in [6.45, 7) is 5.39. The predicted octanol–water partition coefficient (Wildman–Crippen LogP) is 5.78. The highest BCUT2D eigenvalue weighted by atomic mass is 19.2. The lowest BCUT2D eigenvalue weighted by Gasteiger charge is -2.22. The van der Waals surface area contributed by atoms with Crippen molar-refractivity contribution in [2.75, 3.05) is 32.1 Å². The third-order valence-electron chi connectivity index (χ3n) is 5.79. The molecule has 2 aliphatic rings. The highest BCUT2D eigenvalue weighted by Crippen LogP contribution is 2.43. The molecule has 0 saturated carbocycles. The van der Waals surface area contributed by atoms with Crippen LogP contribution in [0.25, 0.3) is 33.4 Å². The van der Waals surface area contributed by atoms with Crippen LogP contribution in [0.15, 0.2) is 40.8 Å². The van der Waals surface area contributed by atoms with E-state index in [1.807, 2.05) is 37.4 Å². The summed E-state index contributed by atoms with van der Waals surface area (Å²) in [6.07, 6.45) is 0. The molecule has 0 saturated heterocycles. The Hall–Kier alpha value is -3.42. The van der Waals surface area contributed by atoms with Gasteiger partial charge in [-0.05, 0) is 32.0 Å². The molecule has 0 unspecified atom stereocenters. The molecule has 0 bridgehead atoms. The third-order valence-corrected chi connectivity index (χ3v) is 5.79. The Morgan fingerprint density at radius 2 is 1.36 bits per heavy atom. The van der Waals surface area contributed by atoms with Gasteiger partial charge in [0.1, 0.15) is 25.4 Å². The monoisotopic (exact) mass is 461 g/mol. The van der Waals surface area contributed by atoms with Gasteiger partial charge in [-0.1, -0.05) is 0 Å². The average molecular weight is 461 g/mol. The van der Waals surface area contributed by atoms with Crippen molar-refractivity contribution in [1.82, 2.24) is 4.58 Å². The summed E-state index contributed by atoms with van der Waals surface area (Å²) in [6, 6.07) is 9.93. The van der Waals surface area contributed by atoms with Crippen LogP contribution in [-0.2, 0) is 0 Å². The van der Waals surface area contributed by atoms with Gasteiger partial charge in [0.05, 0.1) is 11.6 Å². The van der Waals surface area contributed by atoms with E-state index in [4.69, 9.17) is 4.42 Å². The van der Waals surface area contributed by atoms with Crippen molar-refractivity contribution < 1.29 is 26.4 Å². The molecule has 1 aliphatic heterocycles. The molecule has 0 fully saturated rings. The number of hydrogen-bond donors (Lipinski definition) is 0. The first-order chi connectivity index (χ1) is 15.7. The van der Waals surface area contributed by atoms with Gasteiger partial charge in [0.15, 0.2) is 23.3 Å². The van der Waals surface area contributed by atoms with Gasteiger partial charge in [-0.2, -0.15) is 0 Å². The van der Waals surface area contributed by atoms with Gasteiger partial charge in [0.25, 0.3) is 0 Å². The lowest BCUT2D eigenvalue weighted by molar-refractivity contribution is 0.381. The van der Waals surface area contributed by atoms with E-state index in [0.717, 1.165) is 11.0 Å². The molecule has 0 aromatic heterocycles. The second-order valence-electron chi connectivity index (χ2n) is 7.85. The molecule has 8 heteroatoms. The van der Waals surface area contributed by atoms with Crippen LogP contribution in [0.1, 0.15) is 13.8 Å². The molecule has 1 heterocycles. The van der Waals surface area contributed by atoms with E-state index < -0.39 is 34.6 Å². The van der Waals surface area contributed by atoms with E-state index in [2.05, 4.69) is 0 Å². The van der Waals surface area contributed by atoms with E-state index >= 15 is 0 Å². The molecule has 2 aromatic carbocycles. The second-order valence-corrected chi connectivity index (χ2v) is 7.85. The van der Waals surface area contributed by atoms with Crippen molar-refractivity contribution in [2.24, 2.45) is 0 Å². The molecule has 172 valence electrons. The largest absolute Gasteiger partial charge is 0.456 e. The minimum atomic E-state index is -2.19. The fourth-order valence-corrected chi connectivity index (χ4v) is 4.02. The van der Waals surface area contributed by atoms with E-state index in [9.17, 15) is 22.0 Å². The van der Waals surface area contributed by atoms with Crippen LogP contribution in [0.4, 0.5) is 27.6 Å². The van der Waals surface area contributed by atoms with Gasteiger partial charge in [0, 0.05) is 47.4 Å². The lowest BCUT2D eigenvalue weighted by atomic mass is 9.92. The zero-order chi connectivity index (χ0) is 24.0. The van der Waals surface area contributed by atoms with Crippen LogP contribution in [0.2, 0.25) is 0 Å². The fourth-order valence-electron chi connectivity index (χ4n) is 4.02. The Kier molecular flexibility index (Phi) is 5.86. The quantitative estimate of drug-likeness (QED) is 0.126. The minimum absolute atomic E-state index is 0.115. The average Bonchev–Trinajstić information content (AvgIpc) is 2.81. The number of fused-ring (bicyclic) bond motifs is 2. The zero-order valence-corrected chi connectivity index (χ0v) is 18.6. The van der Waals surface area contributed by atoms with Crippen LogP contribution in [-0.4, -0.2) is 27.2 Å². The van der Waals surface area contributed by atoms with Gasteiger partial charge in [0.2, 0.25) is 11.2 Å². The molecular formula is C25H22F5N2O+. The highest BCUT2D eigenvalue weighted by molar-refractivity contribution is 6.02. The zero-order valence-electron chi connectivity index (χ0n) is 18.6. The maximum Gasteiger partial charge on any atom is 0.203 e. The molecule has 4 rings (SSSR count). The smallest absolute Gasteiger partial charge is 0.203 e. The molecule has 0 amide bonds. The summed E-state index contributed by atoms with van der Waals surface area (Å²) < 4.78 is 79.7. The highest BCUT2D eigenvalue weighted by Gasteiger charge is 2.30. The Labute approximate surface area is 187 Å². The van der Waals surface area contributed by atoms with Crippen molar-refractivity contribution in [3.05, 3.63) is 70.8 Å². The first-order valence-corrected chi connectivity index (χ1v) is 10.5. The van der Waals surface area contributed by atoms with Crippen molar-refractivity contribution in [3.8, 4) is 22.5 Å². The van der Waals surface area contributed by atoms with E-state index in [1.165, 1.54) is 0 Å². The molecule has 0 atom stereocenters.